The largest absolute Gasteiger partial charge is 0.355 e. The molecule has 0 aromatic heterocycles. The Morgan fingerprint density at radius 3 is 2.12 bits per heavy atom. The predicted octanol–water partition coefficient (Wildman–Crippen LogP) is 3.23. The standard InChI is InChI=1S/C25H44N6.HI/c1-21(2)24(31-16-14-29(4)15-17-31)19-28-25(26-3)27-18-22-8-10-23(11-9-22)20-30-12-6-5-7-13-30;/h8-11,21,24H,5-7,12-20H2,1-4H3,(H2,26,27,28);1H. The second-order valence-electron chi connectivity index (χ2n) is 9.61. The first kappa shape index (κ1) is 27.3. The summed E-state index contributed by atoms with van der Waals surface area (Å²) in [6.07, 6.45) is 4.09. The summed E-state index contributed by atoms with van der Waals surface area (Å²) in [5.74, 6) is 1.50. The van der Waals surface area contributed by atoms with Crippen LogP contribution in [0.15, 0.2) is 29.3 Å². The zero-order valence-corrected chi connectivity index (χ0v) is 23.0. The van der Waals surface area contributed by atoms with Crippen molar-refractivity contribution in [2.45, 2.75) is 52.2 Å². The van der Waals surface area contributed by atoms with Gasteiger partial charge in [0.1, 0.15) is 0 Å². The van der Waals surface area contributed by atoms with Gasteiger partial charge in [-0.05, 0) is 50.0 Å². The van der Waals surface area contributed by atoms with Gasteiger partial charge in [0.15, 0.2) is 5.96 Å². The molecule has 1 aromatic rings. The number of hydrogen-bond acceptors (Lipinski definition) is 4. The Morgan fingerprint density at radius 1 is 0.906 bits per heavy atom. The SMILES string of the molecule is CN=C(NCc1ccc(CN2CCCCC2)cc1)NCC(C(C)C)N1CCN(C)CC1.I. The summed E-state index contributed by atoms with van der Waals surface area (Å²) in [7, 11) is 4.07. The molecule has 0 radical (unpaired) electrons. The van der Waals surface area contributed by atoms with E-state index in [4.69, 9.17) is 0 Å². The predicted molar refractivity (Wildman–Crippen MR) is 147 cm³/mol. The zero-order chi connectivity index (χ0) is 22.1. The molecule has 32 heavy (non-hydrogen) atoms. The summed E-state index contributed by atoms with van der Waals surface area (Å²) < 4.78 is 0. The highest BCUT2D eigenvalue weighted by Gasteiger charge is 2.25. The summed E-state index contributed by atoms with van der Waals surface area (Å²) in [6, 6.07) is 9.59. The molecule has 2 heterocycles. The number of halogens is 1. The van der Waals surface area contributed by atoms with Gasteiger partial charge in [-0.25, -0.2) is 0 Å². The Labute approximate surface area is 213 Å². The molecule has 2 N–H and O–H groups in total. The third-order valence-electron chi connectivity index (χ3n) is 6.82. The van der Waals surface area contributed by atoms with E-state index in [-0.39, 0.29) is 24.0 Å². The summed E-state index contributed by atoms with van der Waals surface area (Å²) in [5, 5.41) is 7.06. The van der Waals surface area contributed by atoms with Gasteiger partial charge < -0.3 is 15.5 Å². The third kappa shape index (κ3) is 8.80. The van der Waals surface area contributed by atoms with Gasteiger partial charge >= 0.3 is 0 Å². The van der Waals surface area contributed by atoms with Crippen molar-refractivity contribution < 1.29 is 0 Å². The third-order valence-corrected chi connectivity index (χ3v) is 6.82. The molecule has 2 saturated heterocycles. The van der Waals surface area contributed by atoms with Crippen molar-refractivity contribution in [2.75, 3.05) is 59.9 Å². The lowest BCUT2D eigenvalue weighted by molar-refractivity contribution is 0.0900. The van der Waals surface area contributed by atoms with Crippen molar-refractivity contribution in [3.05, 3.63) is 35.4 Å². The number of guanidine groups is 1. The Hall–Kier alpha value is -0.900. The van der Waals surface area contributed by atoms with Gasteiger partial charge in [0.2, 0.25) is 0 Å². The van der Waals surface area contributed by atoms with Crippen molar-refractivity contribution in [2.24, 2.45) is 10.9 Å². The summed E-state index contributed by atoms with van der Waals surface area (Å²) in [6.45, 7) is 14.6. The Bertz CT molecular complexity index is 664. The molecule has 1 aromatic carbocycles. The van der Waals surface area contributed by atoms with E-state index in [2.05, 4.69) is 75.5 Å². The number of likely N-dealkylation sites (N-methyl/N-ethyl adjacent to an activating group) is 1. The van der Waals surface area contributed by atoms with Gasteiger partial charge in [-0.2, -0.15) is 0 Å². The number of nitrogens with zero attached hydrogens (tertiary/aromatic N) is 4. The molecule has 182 valence electrons. The van der Waals surface area contributed by atoms with Crippen LogP contribution in [0.1, 0.15) is 44.2 Å². The maximum Gasteiger partial charge on any atom is 0.191 e. The highest BCUT2D eigenvalue weighted by atomic mass is 127. The minimum absolute atomic E-state index is 0. The van der Waals surface area contributed by atoms with Crippen molar-refractivity contribution >= 4 is 29.9 Å². The zero-order valence-electron chi connectivity index (χ0n) is 20.6. The molecule has 3 rings (SSSR count). The highest BCUT2D eigenvalue weighted by molar-refractivity contribution is 14.0. The van der Waals surface area contributed by atoms with Crippen molar-refractivity contribution in [1.82, 2.24) is 25.3 Å². The van der Waals surface area contributed by atoms with Crippen LogP contribution in [0.4, 0.5) is 0 Å². The van der Waals surface area contributed by atoms with Crippen molar-refractivity contribution in [3.8, 4) is 0 Å². The number of hydrogen-bond donors (Lipinski definition) is 2. The van der Waals surface area contributed by atoms with Crippen LogP contribution in [-0.4, -0.2) is 86.6 Å². The number of nitrogens with one attached hydrogen (secondary N) is 2. The number of likely N-dealkylation sites (tertiary alicyclic amines) is 1. The Kier molecular flexibility index (Phi) is 12.3. The van der Waals surface area contributed by atoms with Crippen LogP contribution in [0.2, 0.25) is 0 Å². The van der Waals surface area contributed by atoms with E-state index in [9.17, 15) is 0 Å². The Morgan fingerprint density at radius 2 is 1.53 bits per heavy atom. The van der Waals surface area contributed by atoms with Gasteiger partial charge in [-0.15, -0.1) is 24.0 Å². The van der Waals surface area contributed by atoms with Crippen LogP contribution in [0.25, 0.3) is 0 Å². The van der Waals surface area contributed by atoms with Crippen molar-refractivity contribution in [1.29, 1.82) is 0 Å². The van der Waals surface area contributed by atoms with E-state index >= 15 is 0 Å². The second-order valence-corrected chi connectivity index (χ2v) is 9.61. The normalized spacial score (nSPS) is 20.1. The Balaban J connectivity index is 0.00000363. The average Bonchev–Trinajstić information content (AvgIpc) is 2.78. The summed E-state index contributed by atoms with van der Waals surface area (Å²) in [5.41, 5.74) is 2.71. The minimum atomic E-state index is 0. The first-order valence-corrected chi connectivity index (χ1v) is 12.2. The maximum absolute atomic E-state index is 4.45. The van der Waals surface area contributed by atoms with Crippen molar-refractivity contribution in [3.63, 3.8) is 0 Å². The van der Waals surface area contributed by atoms with Crippen LogP contribution >= 0.6 is 24.0 Å². The van der Waals surface area contributed by atoms with Crippen LogP contribution in [-0.2, 0) is 13.1 Å². The number of aliphatic imine (C=N–C) groups is 1. The van der Waals surface area contributed by atoms with Gasteiger partial charge in [-0.3, -0.25) is 14.8 Å². The fraction of sp³-hybridized carbons (Fsp3) is 0.720. The smallest absolute Gasteiger partial charge is 0.191 e. The molecule has 1 unspecified atom stereocenters. The number of benzene rings is 1. The fourth-order valence-electron chi connectivity index (χ4n) is 4.69. The number of piperidine rings is 1. The molecule has 2 aliphatic rings. The van der Waals surface area contributed by atoms with Gasteiger partial charge in [0.05, 0.1) is 0 Å². The molecule has 0 saturated carbocycles. The lowest BCUT2D eigenvalue weighted by Gasteiger charge is -2.40. The highest BCUT2D eigenvalue weighted by Crippen LogP contribution is 2.14. The molecule has 6 nitrogen and oxygen atoms in total. The minimum Gasteiger partial charge on any atom is -0.355 e. The molecule has 2 aliphatic heterocycles. The first-order valence-electron chi connectivity index (χ1n) is 12.2. The summed E-state index contributed by atoms with van der Waals surface area (Å²) in [4.78, 5) is 12.1. The quantitative estimate of drug-likeness (QED) is 0.293. The molecular formula is C25H45IN6. The number of rotatable bonds is 8. The second kappa shape index (κ2) is 14.4. The topological polar surface area (TPSA) is 46.1 Å². The van der Waals surface area contributed by atoms with E-state index < -0.39 is 0 Å². The van der Waals surface area contributed by atoms with E-state index in [0.717, 1.165) is 51.8 Å². The molecule has 7 heteroatoms. The number of piperazine rings is 1. The first-order chi connectivity index (χ1) is 15.0. The lowest BCUT2D eigenvalue weighted by atomic mass is 10.0. The van der Waals surface area contributed by atoms with Gasteiger partial charge in [0, 0.05) is 58.9 Å². The average molecular weight is 557 g/mol. The summed E-state index contributed by atoms with van der Waals surface area (Å²) >= 11 is 0. The molecule has 0 spiro atoms. The molecule has 2 fully saturated rings. The molecule has 0 aliphatic carbocycles. The van der Waals surface area contributed by atoms with Gasteiger partial charge in [0.25, 0.3) is 0 Å². The van der Waals surface area contributed by atoms with E-state index in [1.165, 1.54) is 43.5 Å². The monoisotopic (exact) mass is 556 g/mol. The van der Waals surface area contributed by atoms with E-state index in [1.807, 2.05) is 7.05 Å². The lowest BCUT2D eigenvalue weighted by Crippen LogP contribution is -2.55. The van der Waals surface area contributed by atoms with Crippen LogP contribution in [0.5, 0.6) is 0 Å². The van der Waals surface area contributed by atoms with Crippen LogP contribution < -0.4 is 10.6 Å². The molecule has 0 amide bonds. The fourth-order valence-corrected chi connectivity index (χ4v) is 4.69. The maximum atomic E-state index is 4.45. The van der Waals surface area contributed by atoms with Crippen LogP contribution in [0, 0.1) is 5.92 Å². The van der Waals surface area contributed by atoms with Gasteiger partial charge in [-0.1, -0.05) is 44.5 Å². The van der Waals surface area contributed by atoms with E-state index in [0.29, 0.717) is 12.0 Å². The molecular weight excluding hydrogens is 511 g/mol. The molecule has 0 bridgehead atoms. The van der Waals surface area contributed by atoms with E-state index in [1.54, 1.807) is 0 Å². The van der Waals surface area contributed by atoms with Crippen LogP contribution in [0.3, 0.4) is 0 Å². The molecule has 1 atom stereocenters.